The number of hydrogen-bond donors (Lipinski definition) is 4. The molecule has 6 aliphatic rings. The first-order valence-corrected chi connectivity index (χ1v) is 32.9. The number of aliphatic carboxylic acids is 1. The van der Waals surface area contributed by atoms with Gasteiger partial charge in [-0.05, 0) is 60.1 Å². The third kappa shape index (κ3) is 11.2. The minimum Gasteiger partial charge on any atom is -0.480 e. The molecule has 0 radical (unpaired) electrons. The first kappa shape index (κ1) is 60.8. The van der Waals surface area contributed by atoms with Crippen LogP contribution in [-0.4, -0.2) is 148 Å². The molecule has 3 fully saturated rings. The van der Waals surface area contributed by atoms with Gasteiger partial charge in [0, 0.05) is 134 Å². The Labute approximate surface area is 512 Å². The molecular weight excluding hydrogens is 1210 g/mol. The van der Waals surface area contributed by atoms with Crippen LogP contribution in [0.3, 0.4) is 0 Å². The van der Waals surface area contributed by atoms with Crippen molar-refractivity contribution >= 4 is 133 Å². The number of carbonyl (C=O) groups is 8. The number of likely N-dealkylation sites (N-methyl/N-ethyl adjacent to an activating group) is 2. The molecule has 0 aromatic heterocycles. The van der Waals surface area contributed by atoms with E-state index >= 15 is 4.79 Å². The Morgan fingerprint density at radius 3 is 1.83 bits per heavy atom. The number of rotatable bonds is 24. The molecule has 5 aromatic carbocycles. The summed E-state index contributed by atoms with van der Waals surface area (Å²) in [6.45, 7) is 0.794. The molecule has 7 amide bonds. The Hall–Kier alpha value is -6.85. The number of hydrogen-bond acceptors (Lipinski definition) is 14. The highest BCUT2D eigenvalue weighted by Crippen LogP contribution is 3.01. The lowest BCUT2D eigenvalue weighted by molar-refractivity contribution is -0.141. The second-order valence-corrected chi connectivity index (χ2v) is 26.9. The van der Waals surface area contributed by atoms with Crippen LogP contribution in [0.15, 0.2) is 102 Å². The average molecular weight is 1270 g/mol. The molecule has 21 nitrogen and oxygen atoms in total. The van der Waals surface area contributed by atoms with Gasteiger partial charge in [0.25, 0.3) is 11.8 Å². The number of alkyl halides is 2. The standard InChI is InChI=1S/C60H61Cl2N6O15PS2/c1-64(56(76)81-30-35-12-5-10-17-47(35)86-85-31-42(53(72)73)63-48(69)18-4-3-11-21-66-49(70)19-20-50(66)71)22-23-65(2)57(77)82-45-24-43-51(40-15-8-6-13-38(40)45)36(26-61)28-67(43)54(74)58-32-59(34-60(58,59)33-58)55(75)68-29-37(27-62)52-41-16-9-7-14-39(41)46(25-44(52)68)83-84(78,79)80/h5-10,12-17,19-20,24-25,36-37,42H,3-4,11,18,21-23,26-34H2,1-2H3,(H,63,69)(H,72,73)(H2,78,79,80)/t36-,37-,42+,58?,59?,60?/m1/s1. The van der Waals surface area contributed by atoms with E-state index in [2.05, 4.69) is 5.32 Å². The third-order valence-electron chi connectivity index (χ3n) is 17.7. The van der Waals surface area contributed by atoms with Crippen molar-refractivity contribution in [2.24, 2.45) is 16.2 Å². The molecule has 3 saturated carbocycles. The van der Waals surface area contributed by atoms with E-state index in [1.165, 1.54) is 63.7 Å². The Balaban J connectivity index is 0.685. The van der Waals surface area contributed by atoms with Crippen molar-refractivity contribution in [3.8, 4) is 11.5 Å². The molecule has 3 heterocycles. The van der Waals surface area contributed by atoms with Gasteiger partial charge in [-0.3, -0.25) is 38.7 Å². The number of ether oxygens (including phenoxy) is 2. The molecule has 0 saturated heterocycles. The quantitative estimate of drug-likeness (QED) is 0.0147. The molecule has 0 bridgehead atoms. The van der Waals surface area contributed by atoms with Crippen molar-refractivity contribution in [2.75, 3.05) is 74.1 Å². The van der Waals surface area contributed by atoms with Crippen molar-refractivity contribution in [1.29, 1.82) is 0 Å². The van der Waals surface area contributed by atoms with Crippen LogP contribution in [0, 0.1) is 16.2 Å². The van der Waals surface area contributed by atoms with E-state index in [1.54, 1.807) is 58.3 Å². The number of phosphoric ester groups is 1. The second-order valence-electron chi connectivity index (χ2n) is 22.8. The first-order valence-electron chi connectivity index (χ1n) is 28.0. The maximum atomic E-state index is 15.1. The molecule has 5 aromatic rings. The highest BCUT2D eigenvalue weighted by atomic mass is 35.5. The molecule has 4 N–H and O–H groups in total. The van der Waals surface area contributed by atoms with Crippen molar-refractivity contribution in [2.45, 2.75) is 74.3 Å². The number of fused-ring (bicyclic) bond motifs is 6. The van der Waals surface area contributed by atoms with Crippen molar-refractivity contribution in [3.05, 3.63) is 114 Å². The summed E-state index contributed by atoms with van der Waals surface area (Å²) in [6, 6.07) is 23.7. The molecular formula is C60H61Cl2N6O15PS2. The SMILES string of the molecule is CN(CCN(C)C(=O)Oc1cc2c(c3ccccc13)[C@H](CCl)CN2C(=O)C12CC3(C(=O)N4C[C@@H](CCl)c5c4cc(OP(=O)(O)O)c4ccccc54)CC13C2)C(=O)OCc1ccccc1SSC[C@H](NC(=O)CCCCCN1C(=O)C=CC1=O)C(=O)O. The Kier molecular flexibility index (Phi) is 17.0. The zero-order chi connectivity index (χ0) is 61.0. The number of halogens is 2. The van der Waals surface area contributed by atoms with Crippen LogP contribution < -0.4 is 24.4 Å². The van der Waals surface area contributed by atoms with Crippen LogP contribution in [0.25, 0.3) is 21.5 Å². The molecule has 26 heteroatoms. The number of nitrogens with zero attached hydrogens (tertiary/aromatic N) is 5. The number of nitrogens with one attached hydrogen (secondary N) is 1. The summed E-state index contributed by atoms with van der Waals surface area (Å²) in [7, 11) is 0.572. The maximum Gasteiger partial charge on any atom is 0.524 e. The molecule has 6 atom stereocenters. The van der Waals surface area contributed by atoms with Gasteiger partial charge in [-0.1, -0.05) is 94.7 Å². The zero-order valence-electron chi connectivity index (χ0n) is 46.8. The van der Waals surface area contributed by atoms with Gasteiger partial charge >= 0.3 is 26.0 Å². The summed E-state index contributed by atoms with van der Waals surface area (Å²) in [4.78, 5) is 133. The van der Waals surface area contributed by atoms with Crippen molar-refractivity contribution < 1.29 is 71.8 Å². The van der Waals surface area contributed by atoms with E-state index in [0.717, 1.165) is 26.3 Å². The molecule has 11 rings (SSSR count). The number of phosphoric acid groups is 1. The Morgan fingerprint density at radius 1 is 0.733 bits per heavy atom. The monoisotopic (exact) mass is 1270 g/mol. The van der Waals surface area contributed by atoms with Crippen LogP contribution in [0.2, 0.25) is 0 Å². The minimum absolute atomic E-state index is 0.0352. The highest BCUT2D eigenvalue weighted by molar-refractivity contribution is 8.76. The largest absolute Gasteiger partial charge is 0.524 e. The van der Waals surface area contributed by atoms with Crippen LogP contribution >= 0.6 is 52.6 Å². The smallest absolute Gasteiger partial charge is 0.480 e. The summed E-state index contributed by atoms with van der Waals surface area (Å²) in [6.07, 6.45) is 4.00. The Bertz CT molecular complexity index is 3720. The van der Waals surface area contributed by atoms with Gasteiger partial charge in [-0.25, -0.2) is 18.9 Å². The maximum absolute atomic E-state index is 15.1. The van der Waals surface area contributed by atoms with Gasteiger partial charge in [0.2, 0.25) is 17.7 Å². The predicted octanol–water partition coefficient (Wildman–Crippen LogP) is 9.17. The molecule has 1 spiro atoms. The summed E-state index contributed by atoms with van der Waals surface area (Å²) < 4.78 is 29.1. The van der Waals surface area contributed by atoms with E-state index < -0.39 is 54.2 Å². The topological polar surface area (TPSA) is 270 Å². The number of amides is 7. The fraction of sp³-hybridized carbons (Fsp3) is 0.400. The van der Waals surface area contributed by atoms with E-state index in [1.807, 2.05) is 30.3 Å². The fourth-order valence-electron chi connectivity index (χ4n) is 13.3. The normalized spacial score (nSPS) is 22.4. The minimum atomic E-state index is -4.97. The van der Waals surface area contributed by atoms with Gasteiger partial charge in [0.1, 0.15) is 24.1 Å². The summed E-state index contributed by atoms with van der Waals surface area (Å²) >= 11 is 13.2. The molecule has 3 aliphatic carbocycles. The predicted molar refractivity (Wildman–Crippen MR) is 323 cm³/mol. The number of imide groups is 1. The van der Waals surface area contributed by atoms with Crippen LogP contribution in [-0.2, 0) is 44.7 Å². The summed E-state index contributed by atoms with van der Waals surface area (Å²) in [5.41, 5.74) is 1.19. The van der Waals surface area contributed by atoms with Gasteiger partial charge in [-0.2, -0.15) is 0 Å². The van der Waals surface area contributed by atoms with Gasteiger partial charge in [0.15, 0.2) is 0 Å². The molecule has 3 unspecified atom stereocenters. The summed E-state index contributed by atoms with van der Waals surface area (Å²) in [5.74, 6) is -2.55. The number of carboxylic acid groups (broad SMARTS) is 1. The second kappa shape index (κ2) is 24.0. The van der Waals surface area contributed by atoms with Crippen LogP contribution in [0.4, 0.5) is 21.0 Å². The van der Waals surface area contributed by atoms with Crippen molar-refractivity contribution in [3.63, 3.8) is 0 Å². The lowest BCUT2D eigenvalue weighted by atomic mass is 9.72. The van der Waals surface area contributed by atoms with Crippen molar-refractivity contribution in [1.82, 2.24) is 20.0 Å². The number of carboxylic acids is 1. The Morgan fingerprint density at radius 2 is 1.27 bits per heavy atom. The van der Waals surface area contributed by atoms with Gasteiger partial charge in [0.05, 0.1) is 22.2 Å². The molecule has 3 aliphatic heterocycles. The van der Waals surface area contributed by atoms with Gasteiger partial charge in [-0.15, -0.1) is 23.2 Å². The molecule has 452 valence electrons. The number of benzene rings is 5. The zero-order valence-corrected chi connectivity index (χ0v) is 50.8. The lowest BCUT2D eigenvalue weighted by Crippen LogP contribution is -2.49. The summed E-state index contributed by atoms with van der Waals surface area (Å²) in [5, 5.41) is 15.0. The van der Waals surface area contributed by atoms with Crippen LogP contribution in [0.1, 0.15) is 73.5 Å². The van der Waals surface area contributed by atoms with Crippen LogP contribution in [0.5, 0.6) is 11.5 Å². The number of unbranched alkanes of at least 4 members (excludes halogenated alkanes) is 2. The van der Waals surface area contributed by atoms with E-state index in [4.69, 9.17) is 37.2 Å². The lowest BCUT2D eigenvalue weighted by Gasteiger charge is -2.37. The van der Waals surface area contributed by atoms with Gasteiger partial charge < -0.3 is 44.0 Å². The van der Waals surface area contributed by atoms with E-state index in [0.29, 0.717) is 71.6 Å². The fourth-order valence-corrected chi connectivity index (χ4v) is 16.6. The highest BCUT2D eigenvalue weighted by Gasteiger charge is 3.01. The first-order chi connectivity index (χ1) is 41.1. The third-order valence-corrected chi connectivity index (χ3v) is 21.3. The van der Waals surface area contributed by atoms with E-state index in [9.17, 15) is 53.0 Å². The molecule has 86 heavy (non-hydrogen) atoms. The number of carbonyl (C=O) groups excluding carboxylic acids is 7. The van der Waals surface area contributed by atoms with E-state index in [-0.39, 0.29) is 110 Å². The average Bonchev–Trinajstić information content (AvgIpc) is 1.40. The number of anilines is 2.